The van der Waals surface area contributed by atoms with Gasteiger partial charge in [-0.1, -0.05) is 15.9 Å². The highest BCUT2D eigenvalue weighted by Crippen LogP contribution is 2.26. The molecular weight excluding hydrogens is 343 g/mol. The van der Waals surface area contributed by atoms with Crippen molar-refractivity contribution in [2.24, 2.45) is 0 Å². The molecular formula is C15H12BrFO4. The molecule has 0 aliphatic carbocycles. The highest BCUT2D eigenvalue weighted by molar-refractivity contribution is 9.10. The zero-order valence-electron chi connectivity index (χ0n) is 11.1. The standard InChI is InChI=1S/C15H12BrFO4/c1-20-12-2-3-13(15(18)19)14(7-12)21-8-9-4-10(16)6-11(17)5-9/h2-7H,8H2,1H3,(H,18,19). The molecule has 0 bridgehead atoms. The van der Waals surface area contributed by atoms with Crippen LogP contribution in [0.5, 0.6) is 11.5 Å². The molecule has 4 nitrogen and oxygen atoms in total. The van der Waals surface area contributed by atoms with Gasteiger partial charge in [0.15, 0.2) is 0 Å². The predicted molar refractivity (Wildman–Crippen MR) is 78.4 cm³/mol. The molecule has 0 aliphatic rings. The molecule has 0 spiro atoms. The number of methoxy groups -OCH3 is 1. The molecule has 0 aromatic heterocycles. The lowest BCUT2D eigenvalue weighted by atomic mass is 10.2. The molecule has 0 radical (unpaired) electrons. The molecule has 0 heterocycles. The molecule has 2 aromatic carbocycles. The molecule has 0 aliphatic heterocycles. The van der Waals surface area contributed by atoms with Crippen molar-refractivity contribution in [2.75, 3.05) is 7.11 Å². The SMILES string of the molecule is COc1ccc(C(=O)O)c(OCc2cc(F)cc(Br)c2)c1. The summed E-state index contributed by atoms with van der Waals surface area (Å²) in [4.78, 5) is 11.2. The lowest BCUT2D eigenvalue weighted by Gasteiger charge is -2.11. The van der Waals surface area contributed by atoms with E-state index in [2.05, 4.69) is 15.9 Å². The first-order valence-corrected chi connectivity index (χ1v) is 6.78. The monoisotopic (exact) mass is 354 g/mol. The Labute approximate surface area is 129 Å². The van der Waals surface area contributed by atoms with Crippen LogP contribution in [0.1, 0.15) is 15.9 Å². The molecule has 21 heavy (non-hydrogen) atoms. The van der Waals surface area contributed by atoms with Gasteiger partial charge >= 0.3 is 5.97 Å². The summed E-state index contributed by atoms with van der Waals surface area (Å²) in [6, 6.07) is 8.78. The van der Waals surface area contributed by atoms with Gasteiger partial charge in [-0.3, -0.25) is 0 Å². The first kappa shape index (κ1) is 15.3. The van der Waals surface area contributed by atoms with Gasteiger partial charge in [0.2, 0.25) is 0 Å². The van der Waals surface area contributed by atoms with Crippen LogP contribution in [0, 0.1) is 5.82 Å². The Hall–Kier alpha value is -2.08. The van der Waals surface area contributed by atoms with E-state index in [0.29, 0.717) is 15.8 Å². The Morgan fingerprint density at radius 3 is 2.67 bits per heavy atom. The Morgan fingerprint density at radius 1 is 1.29 bits per heavy atom. The Bertz CT molecular complexity index is 652. The number of aromatic carboxylic acids is 1. The van der Waals surface area contributed by atoms with Gasteiger partial charge in [0.25, 0.3) is 0 Å². The van der Waals surface area contributed by atoms with E-state index in [9.17, 15) is 9.18 Å². The van der Waals surface area contributed by atoms with Crippen molar-refractivity contribution in [1.29, 1.82) is 0 Å². The van der Waals surface area contributed by atoms with E-state index in [-0.39, 0.29) is 17.9 Å². The summed E-state index contributed by atoms with van der Waals surface area (Å²) >= 11 is 3.19. The molecule has 0 amide bonds. The van der Waals surface area contributed by atoms with E-state index in [0.717, 1.165) is 0 Å². The summed E-state index contributed by atoms with van der Waals surface area (Å²) in [6.07, 6.45) is 0. The number of ether oxygens (including phenoxy) is 2. The fourth-order valence-electron chi connectivity index (χ4n) is 1.78. The smallest absolute Gasteiger partial charge is 0.339 e. The van der Waals surface area contributed by atoms with Gasteiger partial charge in [-0.25, -0.2) is 9.18 Å². The topological polar surface area (TPSA) is 55.8 Å². The number of carbonyl (C=O) groups is 1. The fraction of sp³-hybridized carbons (Fsp3) is 0.133. The molecule has 0 unspecified atom stereocenters. The third-order valence-corrected chi connectivity index (χ3v) is 3.19. The molecule has 0 atom stereocenters. The number of carboxylic acids is 1. The third kappa shape index (κ3) is 3.95. The Balaban J connectivity index is 2.23. The Morgan fingerprint density at radius 2 is 2.05 bits per heavy atom. The van der Waals surface area contributed by atoms with Gasteiger partial charge in [-0.2, -0.15) is 0 Å². The third-order valence-electron chi connectivity index (χ3n) is 2.74. The summed E-state index contributed by atoms with van der Waals surface area (Å²) in [5.41, 5.74) is 0.604. The van der Waals surface area contributed by atoms with Crippen molar-refractivity contribution < 1.29 is 23.8 Å². The summed E-state index contributed by atoms with van der Waals surface area (Å²) in [7, 11) is 1.48. The maximum atomic E-state index is 13.3. The van der Waals surface area contributed by atoms with E-state index >= 15 is 0 Å². The van der Waals surface area contributed by atoms with Gasteiger partial charge in [0.05, 0.1) is 7.11 Å². The van der Waals surface area contributed by atoms with Crippen LogP contribution in [-0.4, -0.2) is 18.2 Å². The van der Waals surface area contributed by atoms with E-state index < -0.39 is 11.8 Å². The lowest BCUT2D eigenvalue weighted by Crippen LogP contribution is -2.04. The molecule has 0 fully saturated rings. The van der Waals surface area contributed by atoms with Crippen LogP contribution in [0.2, 0.25) is 0 Å². The lowest BCUT2D eigenvalue weighted by molar-refractivity contribution is 0.0691. The number of benzene rings is 2. The van der Waals surface area contributed by atoms with Gasteiger partial charge < -0.3 is 14.6 Å². The van der Waals surface area contributed by atoms with Crippen LogP contribution in [0.4, 0.5) is 4.39 Å². The molecule has 0 saturated heterocycles. The number of halogens is 2. The number of carboxylic acid groups (broad SMARTS) is 1. The van der Waals surface area contributed by atoms with Crippen molar-refractivity contribution in [2.45, 2.75) is 6.61 Å². The molecule has 2 rings (SSSR count). The van der Waals surface area contributed by atoms with Crippen molar-refractivity contribution in [3.63, 3.8) is 0 Å². The van der Waals surface area contributed by atoms with E-state index in [1.165, 1.54) is 37.4 Å². The summed E-state index contributed by atoms with van der Waals surface area (Å²) < 4.78 is 24.4. The first-order valence-electron chi connectivity index (χ1n) is 5.98. The zero-order chi connectivity index (χ0) is 15.4. The van der Waals surface area contributed by atoms with Crippen molar-refractivity contribution >= 4 is 21.9 Å². The maximum Gasteiger partial charge on any atom is 0.339 e. The summed E-state index contributed by atoms with van der Waals surface area (Å²) in [5.74, 6) is -0.849. The van der Waals surface area contributed by atoms with Crippen LogP contribution >= 0.6 is 15.9 Å². The predicted octanol–water partition coefficient (Wildman–Crippen LogP) is 3.87. The van der Waals surface area contributed by atoms with Crippen LogP contribution in [0.15, 0.2) is 40.9 Å². The van der Waals surface area contributed by atoms with Crippen molar-refractivity contribution in [1.82, 2.24) is 0 Å². The first-order chi connectivity index (χ1) is 9.99. The van der Waals surface area contributed by atoms with E-state index in [1.54, 1.807) is 6.07 Å². The van der Waals surface area contributed by atoms with Crippen LogP contribution in [0.3, 0.4) is 0 Å². The van der Waals surface area contributed by atoms with E-state index in [1.807, 2.05) is 0 Å². The second-order valence-corrected chi connectivity index (χ2v) is 5.15. The summed E-state index contributed by atoms with van der Waals surface area (Å²) in [6.45, 7) is 0.0454. The van der Waals surface area contributed by atoms with Crippen LogP contribution in [-0.2, 0) is 6.61 Å². The number of rotatable bonds is 5. The van der Waals surface area contributed by atoms with Gasteiger partial charge in [0, 0.05) is 10.5 Å². The largest absolute Gasteiger partial charge is 0.497 e. The minimum atomic E-state index is -1.10. The average molecular weight is 355 g/mol. The minimum absolute atomic E-state index is 0.0197. The quantitative estimate of drug-likeness (QED) is 0.885. The zero-order valence-corrected chi connectivity index (χ0v) is 12.7. The highest BCUT2D eigenvalue weighted by atomic mass is 79.9. The normalized spacial score (nSPS) is 10.2. The molecule has 110 valence electrons. The average Bonchev–Trinajstić information content (AvgIpc) is 2.43. The fourth-order valence-corrected chi connectivity index (χ4v) is 2.29. The van der Waals surface area contributed by atoms with Crippen molar-refractivity contribution in [3.8, 4) is 11.5 Å². The minimum Gasteiger partial charge on any atom is -0.497 e. The number of hydrogen-bond donors (Lipinski definition) is 1. The van der Waals surface area contributed by atoms with Gasteiger partial charge in [-0.15, -0.1) is 0 Å². The second-order valence-electron chi connectivity index (χ2n) is 4.23. The van der Waals surface area contributed by atoms with Crippen LogP contribution in [0.25, 0.3) is 0 Å². The highest BCUT2D eigenvalue weighted by Gasteiger charge is 2.13. The van der Waals surface area contributed by atoms with E-state index in [4.69, 9.17) is 14.6 Å². The Kier molecular flexibility index (Phi) is 4.80. The maximum absolute atomic E-state index is 13.3. The second kappa shape index (κ2) is 6.58. The van der Waals surface area contributed by atoms with Gasteiger partial charge in [0.1, 0.15) is 29.5 Å². The molecule has 1 N–H and O–H groups in total. The number of hydrogen-bond acceptors (Lipinski definition) is 3. The van der Waals surface area contributed by atoms with Crippen molar-refractivity contribution in [3.05, 3.63) is 57.8 Å². The molecule has 2 aromatic rings. The van der Waals surface area contributed by atoms with Gasteiger partial charge in [-0.05, 0) is 35.9 Å². The summed E-state index contributed by atoms with van der Waals surface area (Å²) in [5, 5.41) is 9.13. The molecule has 0 saturated carbocycles. The van der Waals surface area contributed by atoms with Crippen LogP contribution < -0.4 is 9.47 Å². The molecule has 6 heteroatoms.